The number of nitrogens with zero attached hydrogens (tertiary/aromatic N) is 1. The maximum Gasteiger partial charge on any atom is 0.213 e. The van der Waals surface area contributed by atoms with Crippen LogP contribution in [0.4, 0.5) is 5.69 Å². The molecular formula is C17H21N3O2S. The highest BCUT2D eigenvalue weighted by Crippen LogP contribution is 2.12. The fourth-order valence-electron chi connectivity index (χ4n) is 1.86. The second kappa shape index (κ2) is 8.33. The predicted octanol–water partition coefficient (Wildman–Crippen LogP) is 3.15. The van der Waals surface area contributed by atoms with Crippen molar-refractivity contribution in [3.63, 3.8) is 0 Å². The van der Waals surface area contributed by atoms with Crippen LogP contribution in [0, 0.1) is 6.92 Å². The summed E-state index contributed by atoms with van der Waals surface area (Å²) in [6.45, 7) is 4.58. The van der Waals surface area contributed by atoms with Crippen molar-refractivity contribution < 1.29 is 9.47 Å². The van der Waals surface area contributed by atoms with Gasteiger partial charge in [-0.1, -0.05) is 17.7 Å². The highest BCUT2D eigenvalue weighted by atomic mass is 32.1. The summed E-state index contributed by atoms with van der Waals surface area (Å²) in [4.78, 5) is 4.12. The maximum absolute atomic E-state index is 5.73. The Kier molecular flexibility index (Phi) is 6.17. The van der Waals surface area contributed by atoms with Gasteiger partial charge in [0.1, 0.15) is 12.4 Å². The zero-order valence-corrected chi connectivity index (χ0v) is 14.3. The van der Waals surface area contributed by atoms with E-state index in [1.165, 1.54) is 5.56 Å². The van der Waals surface area contributed by atoms with Gasteiger partial charge in [0.05, 0.1) is 25.0 Å². The number of thiocarbonyl (C=S) groups is 1. The number of methoxy groups -OCH3 is 1. The Bertz CT molecular complexity index is 629. The van der Waals surface area contributed by atoms with E-state index in [0.29, 0.717) is 17.6 Å². The van der Waals surface area contributed by atoms with E-state index in [-0.39, 0.29) is 6.04 Å². The molecule has 0 aliphatic rings. The molecule has 0 aliphatic heterocycles. The molecular weight excluding hydrogens is 310 g/mol. The SMILES string of the molecule is COc1ccc(NC(=S)NC(C)COc2ccc(C)cc2)cn1. The van der Waals surface area contributed by atoms with E-state index in [2.05, 4.69) is 15.6 Å². The van der Waals surface area contributed by atoms with Crippen molar-refractivity contribution in [1.82, 2.24) is 10.3 Å². The molecule has 1 aromatic heterocycles. The van der Waals surface area contributed by atoms with Crippen LogP contribution in [-0.4, -0.2) is 29.9 Å². The van der Waals surface area contributed by atoms with Crippen LogP contribution in [0.3, 0.4) is 0 Å². The van der Waals surface area contributed by atoms with E-state index in [4.69, 9.17) is 21.7 Å². The molecule has 0 radical (unpaired) electrons. The molecule has 2 rings (SSSR count). The first kappa shape index (κ1) is 17.0. The smallest absolute Gasteiger partial charge is 0.213 e. The second-order valence-electron chi connectivity index (χ2n) is 5.21. The van der Waals surface area contributed by atoms with Crippen molar-refractivity contribution in [2.24, 2.45) is 0 Å². The Hall–Kier alpha value is -2.34. The average molecular weight is 331 g/mol. The number of benzene rings is 1. The van der Waals surface area contributed by atoms with Crippen LogP contribution in [0.1, 0.15) is 12.5 Å². The van der Waals surface area contributed by atoms with Crippen LogP contribution in [0.2, 0.25) is 0 Å². The molecule has 1 heterocycles. The lowest BCUT2D eigenvalue weighted by molar-refractivity contribution is 0.287. The van der Waals surface area contributed by atoms with E-state index < -0.39 is 0 Å². The van der Waals surface area contributed by atoms with Gasteiger partial charge in [0.15, 0.2) is 5.11 Å². The molecule has 1 aromatic carbocycles. The number of nitrogens with one attached hydrogen (secondary N) is 2. The van der Waals surface area contributed by atoms with Crippen molar-refractivity contribution in [3.05, 3.63) is 48.2 Å². The molecule has 0 aliphatic carbocycles. The van der Waals surface area contributed by atoms with Gasteiger partial charge in [0, 0.05) is 6.07 Å². The number of hydrogen-bond donors (Lipinski definition) is 2. The lowest BCUT2D eigenvalue weighted by atomic mass is 10.2. The molecule has 1 unspecified atom stereocenters. The average Bonchev–Trinajstić information content (AvgIpc) is 2.55. The summed E-state index contributed by atoms with van der Waals surface area (Å²) in [5, 5.41) is 6.78. The van der Waals surface area contributed by atoms with Gasteiger partial charge in [-0.15, -0.1) is 0 Å². The third-order valence-electron chi connectivity index (χ3n) is 3.10. The van der Waals surface area contributed by atoms with E-state index in [9.17, 15) is 0 Å². The normalized spacial score (nSPS) is 11.4. The summed E-state index contributed by atoms with van der Waals surface area (Å²) < 4.78 is 10.7. The zero-order valence-electron chi connectivity index (χ0n) is 13.5. The summed E-state index contributed by atoms with van der Waals surface area (Å²) in [5.41, 5.74) is 2.01. The minimum absolute atomic E-state index is 0.0718. The first-order valence-electron chi connectivity index (χ1n) is 7.34. The standard InChI is InChI=1S/C17H21N3O2S/c1-12-4-7-15(8-5-12)22-11-13(2)19-17(23)20-14-6-9-16(21-3)18-10-14/h4-10,13H,11H2,1-3H3,(H2,19,20,23). The molecule has 2 N–H and O–H groups in total. The summed E-state index contributed by atoms with van der Waals surface area (Å²) in [7, 11) is 1.58. The van der Waals surface area contributed by atoms with Crippen molar-refractivity contribution in [1.29, 1.82) is 0 Å². The van der Waals surface area contributed by atoms with Gasteiger partial charge >= 0.3 is 0 Å². The number of anilines is 1. The molecule has 0 bridgehead atoms. The van der Waals surface area contributed by atoms with E-state index in [1.807, 2.05) is 44.2 Å². The van der Waals surface area contributed by atoms with Gasteiger partial charge in [0.25, 0.3) is 0 Å². The molecule has 23 heavy (non-hydrogen) atoms. The second-order valence-corrected chi connectivity index (χ2v) is 5.62. The Morgan fingerprint density at radius 1 is 1.22 bits per heavy atom. The van der Waals surface area contributed by atoms with Crippen LogP contribution in [-0.2, 0) is 0 Å². The largest absolute Gasteiger partial charge is 0.491 e. The lowest BCUT2D eigenvalue weighted by Crippen LogP contribution is -2.39. The summed E-state index contributed by atoms with van der Waals surface area (Å²) in [5.74, 6) is 1.41. The monoisotopic (exact) mass is 331 g/mol. The van der Waals surface area contributed by atoms with Gasteiger partial charge in [-0.3, -0.25) is 0 Å². The number of aromatic nitrogens is 1. The molecule has 0 saturated heterocycles. The molecule has 6 heteroatoms. The summed E-state index contributed by atoms with van der Waals surface area (Å²) in [6.07, 6.45) is 1.67. The number of ether oxygens (including phenoxy) is 2. The molecule has 0 fully saturated rings. The molecule has 0 saturated carbocycles. The lowest BCUT2D eigenvalue weighted by Gasteiger charge is -2.17. The highest BCUT2D eigenvalue weighted by molar-refractivity contribution is 7.80. The number of hydrogen-bond acceptors (Lipinski definition) is 4. The van der Waals surface area contributed by atoms with Gasteiger partial charge in [-0.05, 0) is 44.3 Å². The Labute approximate surface area is 142 Å². The summed E-state index contributed by atoms with van der Waals surface area (Å²) >= 11 is 5.28. The quantitative estimate of drug-likeness (QED) is 0.793. The van der Waals surface area contributed by atoms with Crippen LogP contribution >= 0.6 is 12.2 Å². The Morgan fingerprint density at radius 2 is 1.96 bits per heavy atom. The minimum Gasteiger partial charge on any atom is -0.491 e. The molecule has 0 amide bonds. The predicted molar refractivity (Wildman–Crippen MR) is 96.3 cm³/mol. The topological polar surface area (TPSA) is 55.4 Å². The van der Waals surface area contributed by atoms with Crippen LogP contribution in [0.25, 0.3) is 0 Å². The Morgan fingerprint density at radius 3 is 2.57 bits per heavy atom. The Balaban J connectivity index is 1.76. The third kappa shape index (κ3) is 5.75. The molecule has 0 spiro atoms. The van der Waals surface area contributed by atoms with Crippen LogP contribution in [0.15, 0.2) is 42.6 Å². The molecule has 5 nitrogen and oxygen atoms in total. The first-order chi connectivity index (χ1) is 11.1. The molecule has 1 atom stereocenters. The first-order valence-corrected chi connectivity index (χ1v) is 7.74. The van der Waals surface area contributed by atoms with Gasteiger partial charge in [0.2, 0.25) is 5.88 Å². The highest BCUT2D eigenvalue weighted by Gasteiger charge is 2.06. The fraction of sp³-hybridized carbons (Fsp3) is 0.294. The minimum atomic E-state index is 0.0718. The summed E-state index contributed by atoms with van der Waals surface area (Å²) in [6, 6.07) is 11.7. The van der Waals surface area contributed by atoms with Crippen LogP contribution in [0.5, 0.6) is 11.6 Å². The fourth-order valence-corrected chi connectivity index (χ4v) is 2.18. The number of pyridine rings is 1. The molecule has 2 aromatic rings. The van der Waals surface area contributed by atoms with Crippen molar-refractivity contribution in [3.8, 4) is 11.6 Å². The van der Waals surface area contributed by atoms with E-state index >= 15 is 0 Å². The van der Waals surface area contributed by atoms with Gasteiger partial charge in [-0.25, -0.2) is 4.98 Å². The van der Waals surface area contributed by atoms with Gasteiger partial charge in [-0.2, -0.15) is 0 Å². The van der Waals surface area contributed by atoms with Crippen molar-refractivity contribution >= 4 is 23.0 Å². The number of rotatable bonds is 6. The van der Waals surface area contributed by atoms with Crippen LogP contribution < -0.4 is 20.1 Å². The number of aryl methyl sites for hydroxylation is 1. The van der Waals surface area contributed by atoms with E-state index in [1.54, 1.807) is 19.4 Å². The van der Waals surface area contributed by atoms with Gasteiger partial charge < -0.3 is 20.1 Å². The maximum atomic E-state index is 5.73. The third-order valence-corrected chi connectivity index (χ3v) is 3.32. The zero-order chi connectivity index (χ0) is 16.7. The van der Waals surface area contributed by atoms with Crippen molar-refractivity contribution in [2.75, 3.05) is 19.0 Å². The van der Waals surface area contributed by atoms with E-state index in [0.717, 1.165) is 11.4 Å². The molecule has 122 valence electrons. The van der Waals surface area contributed by atoms with Crippen molar-refractivity contribution in [2.45, 2.75) is 19.9 Å².